The standard InChI is InChI=1S/C21H32O3/c22-16-8-14-20(23)13-7-15-21(19-11-5-2-6-12-19)24-17-18-9-3-1-4-10-18/h1,3-4,7,9-10,13,19-23H,2,5-6,8,11-12,14-17H2/b13-7+/t20-,21-/m0/s1. The van der Waals surface area contributed by atoms with Gasteiger partial charge in [0, 0.05) is 6.61 Å². The van der Waals surface area contributed by atoms with E-state index in [1.807, 2.05) is 24.3 Å². The monoisotopic (exact) mass is 332 g/mol. The fraction of sp³-hybridized carbons (Fsp3) is 0.619. The van der Waals surface area contributed by atoms with Crippen LogP contribution in [0.4, 0.5) is 0 Å². The Morgan fingerprint density at radius 2 is 1.88 bits per heavy atom. The van der Waals surface area contributed by atoms with Crippen molar-refractivity contribution in [3.63, 3.8) is 0 Å². The first kappa shape index (κ1) is 19.2. The Morgan fingerprint density at radius 1 is 1.12 bits per heavy atom. The van der Waals surface area contributed by atoms with Crippen LogP contribution in [0.15, 0.2) is 42.5 Å². The highest BCUT2D eigenvalue weighted by molar-refractivity contribution is 5.13. The second-order valence-corrected chi connectivity index (χ2v) is 6.83. The van der Waals surface area contributed by atoms with E-state index in [1.165, 1.54) is 37.7 Å². The lowest BCUT2D eigenvalue weighted by Gasteiger charge is -2.30. The molecule has 1 aromatic rings. The summed E-state index contributed by atoms with van der Waals surface area (Å²) >= 11 is 0. The summed E-state index contributed by atoms with van der Waals surface area (Å²) in [6.07, 6.45) is 12.3. The Balaban J connectivity index is 1.86. The van der Waals surface area contributed by atoms with Gasteiger partial charge in [-0.15, -0.1) is 0 Å². The molecule has 1 saturated carbocycles. The van der Waals surface area contributed by atoms with Crippen LogP contribution in [-0.4, -0.2) is 29.0 Å². The summed E-state index contributed by atoms with van der Waals surface area (Å²) < 4.78 is 6.26. The van der Waals surface area contributed by atoms with Crippen molar-refractivity contribution in [3.05, 3.63) is 48.0 Å². The first-order valence-corrected chi connectivity index (χ1v) is 9.40. The minimum absolute atomic E-state index is 0.135. The largest absolute Gasteiger partial charge is 0.396 e. The molecule has 24 heavy (non-hydrogen) atoms. The third-order valence-electron chi connectivity index (χ3n) is 4.87. The van der Waals surface area contributed by atoms with Crippen LogP contribution in [0.3, 0.4) is 0 Å². The van der Waals surface area contributed by atoms with Crippen LogP contribution in [0, 0.1) is 5.92 Å². The van der Waals surface area contributed by atoms with Crippen LogP contribution in [0.5, 0.6) is 0 Å². The number of hydrogen-bond donors (Lipinski definition) is 2. The highest BCUT2D eigenvalue weighted by Gasteiger charge is 2.23. The average molecular weight is 332 g/mol. The average Bonchev–Trinajstić information content (AvgIpc) is 2.64. The van der Waals surface area contributed by atoms with E-state index < -0.39 is 6.10 Å². The molecule has 1 aromatic carbocycles. The van der Waals surface area contributed by atoms with Crippen molar-refractivity contribution in [2.45, 2.75) is 70.2 Å². The fourth-order valence-corrected chi connectivity index (χ4v) is 3.45. The summed E-state index contributed by atoms with van der Waals surface area (Å²) in [6, 6.07) is 10.3. The molecule has 0 bridgehead atoms. The van der Waals surface area contributed by atoms with E-state index in [9.17, 15) is 5.11 Å². The molecule has 2 atom stereocenters. The summed E-state index contributed by atoms with van der Waals surface area (Å²) in [5.41, 5.74) is 1.21. The van der Waals surface area contributed by atoms with Gasteiger partial charge in [-0.25, -0.2) is 0 Å². The molecule has 2 N–H and O–H groups in total. The Labute approximate surface area is 146 Å². The van der Waals surface area contributed by atoms with E-state index in [1.54, 1.807) is 0 Å². The maximum absolute atomic E-state index is 9.87. The number of benzene rings is 1. The smallest absolute Gasteiger partial charge is 0.0721 e. The van der Waals surface area contributed by atoms with Crippen molar-refractivity contribution in [1.82, 2.24) is 0 Å². The van der Waals surface area contributed by atoms with Gasteiger partial charge in [-0.05, 0) is 43.6 Å². The van der Waals surface area contributed by atoms with Gasteiger partial charge in [0.25, 0.3) is 0 Å². The second-order valence-electron chi connectivity index (χ2n) is 6.83. The van der Waals surface area contributed by atoms with Crippen LogP contribution < -0.4 is 0 Å². The molecule has 2 rings (SSSR count). The van der Waals surface area contributed by atoms with E-state index in [2.05, 4.69) is 18.2 Å². The molecule has 134 valence electrons. The molecular formula is C21H32O3. The maximum atomic E-state index is 9.87. The summed E-state index contributed by atoms with van der Waals surface area (Å²) in [5.74, 6) is 0.627. The van der Waals surface area contributed by atoms with E-state index >= 15 is 0 Å². The van der Waals surface area contributed by atoms with Crippen LogP contribution in [0.2, 0.25) is 0 Å². The lowest BCUT2D eigenvalue weighted by atomic mass is 9.84. The van der Waals surface area contributed by atoms with Crippen LogP contribution >= 0.6 is 0 Å². The number of hydrogen-bond acceptors (Lipinski definition) is 3. The summed E-state index contributed by atoms with van der Waals surface area (Å²) in [6.45, 7) is 0.790. The Morgan fingerprint density at radius 3 is 2.58 bits per heavy atom. The highest BCUT2D eigenvalue weighted by atomic mass is 16.5. The van der Waals surface area contributed by atoms with Gasteiger partial charge in [-0.2, -0.15) is 0 Å². The molecule has 0 aromatic heterocycles. The molecule has 1 aliphatic carbocycles. The molecule has 0 amide bonds. The van der Waals surface area contributed by atoms with Crippen molar-refractivity contribution in [1.29, 1.82) is 0 Å². The van der Waals surface area contributed by atoms with E-state index in [0.717, 1.165) is 6.42 Å². The zero-order valence-electron chi connectivity index (χ0n) is 14.6. The number of aliphatic hydroxyl groups excluding tert-OH is 2. The molecule has 0 saturated heterocycles. The first-order chi connectivity index (χ1) is 11.8. The normalized spacial score (nSPS) is 18.8. The van der Waals surface area contributed by atoms with Gasteiger partial charge in [0.05, 0.1) is 18.8 Å². The quantitative estimate of drug-likeness (QED) is 0.630. The summed E-state index contributed by atoms with van der Waals surface area (Å²) in [5, 5.41) is 18.7. The van der Waals surface area contributed by atoms with Gasteiger partial charge in [-0.3, -0.25) is 0 Å². The topological polar surface area (TPSA) is 49.7 Å². The third kappa shape index (κ3) is 7.16. The van der Waals surface area contributed by atoms with Gasteiger partial charge < -0.3 is 14.9 Å². The molecule has 3 nitrogen and oxygen atoms in total. The molecule has 0 heterocycles. The first-order valence-electron chi connectivity index (χ1n) is 9.40. The van der Waals surface area contributed by atoms with Gasteiger partial charge in [0.1, 0.15) is 0 Å². The fourth-order valence-electron chi connectivity index (χ4n) is 3.45. The second kappa shape index (κ2) is 11.4. The minimum Gasteiger partial charge on any atom is -0.396 e. The molecule has 3 heteroatoms. The van der Waals surface area contributed by atoms with Crippen molar-refractivity contribution < 1.29 is 14.9 Å². The van der Waals surface area contributed by atoms with E-state index in [-0.39, 0.29) is 12.7 Å². The molecule has 0 radical (unpaired) electrons. The molecule has 0 aliphatic heterocycles. The zero-order valence-corrected chi connectivity index (χ0v) is 14.6. The van der Waals surface area contributed by atoms with E-state index in [4.69, 9.17) is 9.84 Å². The van der Waals surface area contributed by atoms with Crippen molar-refractivity contribution >= 4 is 0 Å². The van der Waals surface area contributed by atoms with Gasteiger partial charge in [0.2, 0.25) is 0 Å². The van der Waals surface area contributed by atoms with Crippen LogP contribution in [0.25, 0.3) is 0 Å². The minimum atomic E-state index is -0.460. The lowest BCUT2D eigenvalue weighted by Crippen LogP contribution is -2.25. The van der Waals surface area contributed by atoms with Crippen LogP contribution in [0.1, 0.15) is 56.9 Å². The predicted molar refractivity (Wildman–Crippen MR) is 97.7 cm³/mol. The molecule has 0 spiro atoms. The van der Waals surface area contributed by atoms with Gasteiger partial charge >= 0.3 is 0 Å². The SMILES string of the molecule is OCCC[C@@H](O)/C=C/C[C@H](OCc1ccccc1)C1CCCCC1. The molecular weight excluding hydrogens is 300 g/mol. The number of aliphatic hydroxyl groups is 2. The van der Waals surface area contributed by atoms with Crippen molar-refractivity contribution in [2.24, 2.45) is 5.92 Å². The van der Waals surface area contributed by atoms with Crippen LogP contribution in [-0.2, 0) is 11.3 Å². The zero-order chi connectivity index (χ0) is 17.0. The number of rotatable bonds is 10. The summed E-state index contributed by atoms with van der Waals surface area (Å²) in [7, 11) is 0. The van der Waals surface area contributed by atoms with Gasteiger partial charge in [-0.1, -0.05) is 61.7 Å². The predicted octanol–water partition coefficient (Wildman–Crippen LogP) is 4.23. The molecule has 0 unspecified atom stereocenters. The van der Waals surface area contributed by atoms with Gasteiger partial charge in [0.15, 0.2) is 0 Å². The summed E-state index contributed by atoms with van der Waals surface area (Å²) in [4.78, 5) is 0. The lowest BCUT2D eigenvalue weighted by molar-refractivity contribution is -0.00828. The maximum Gasteiger partial charge on any atom is 0.0721 e. The van der Waals surface area contributed by atoms with E-state index in [0.29, 0.717) is 25.4 Å². The Bertz CT molecular complexity index is 451. The van der Waals surface area contributed by atoms with Crippen molar-refractivity contribution in [2.75, 3.05) is 6.61 Å². The molecule has 1 fully saturated rings. The third-order valence-corrected chi connectivity index (χ3v) is 4.87. The Hall–Kier alpha value is -1.16. The molecule has 1 aliphatic rings. The highest BCUT2D eigenvalue weighted by Crippen LogP contribution is 2.30. The number of ether oxygens (including phenoxy) is 1. The Kier molecular flexibility index (Phi) is 9.11. The van der Waals surface area contributed by atoms with Crippen molar-refractivity contribution in [3.8, 4) is 0 Å².